The molecule has 0 saturated carbocycles. The van der Waals surface area contributed by atoms with Gasteiger partial charge in [-0.3, -0.25) is 4.90 Å². The molecular weight excluding hydrogens is 224 g/mol. The van der Waals surface area contributed by atoms with Crippen molar-refractivity contribution in [3.8, 4) is 0 Å². The Morgan fingerprint density at radius 3 is 2.50 bits per heavy atom. The van der Waals surface area contributed by atoms with E-state index in [9.17, 15) is 5.11 Å². The molecule has 18 heavy (non-hydrogen) atoms. The summed E-state index contributed by atoms with van der Waals surface area (Å²) in [5.41, 5.74) is 0. The molecule has 0 amide bonds. The van der Waals surface area contributed by atoms with Crippen LogP contribution in [0, 0.1) is 5.92 Å². The summed E-state index contributed by atoms with van der Waals surface area (Å²) in [7, 11) is 0. The lowest BCUT2D eigenvalue weighted by molar-refractivity contribution is 0.0213. The number of hydrogen-bond acceptors (Lipinski definition) is 3. The average Bonchev–Trinajstić information content (AvgIpc) is 2.42. The highest BCUT2D eigenvalue weighted by Crippen LogP contribution is 2.24. The number of likely N-dealkylation sites (tertiary alicyclic amines) is 1. The fourth-order valence-corrected chi connectivity index (χ4v) is 2.90. The molecule has 0 aliphatic carbocycles. The molecule has 0 aromatic carbocycles. The summed E-state index contributed by atoms with van der Waals surface area (Å²) in [4.78, 5) is 2.56. The van der Waals surface area contributed by atoms with Crippen LogP contribution in [-0.2, 0) is 0 Å². The maximum atomic E-state index is 10.1. The van der Waals surface area contributed by atoms with Crippen molar-refractivity contribution in [2.24, 2.45) is 5.92 Å². The molecule has 0 spiro atoms. The van der Waals surface area contributed by atoms with E-state index in [1.807, 2.05) is 0 Å². The maximum absolute atomic E-state index is 10.1. The van der Waals surface area contributed by atoms with Gasteiger partial charge in [-0.05, 0) is 45.1 Å². The smallest absolute Gasteiger partial charge is 0.0578 e. The number of aliphatic hydroxyl groups is 1. The third kappa shape index (κ3) is 4.52. The predicted molar refractivity (Wildman–Crippen MR) is 77.8 cm³/mol. The van der Waals surface area contributed by atoms with Crippen LogP contribution in [0.1, 0.15) is 53.4 Å². The highest BCUT2D eigenvalue weighted by atomic mass is 16.3. The van der Waals surface area contributed by atoms with Crippen molar-refractivity contribution >= 4 is 0 Å². The number of piperidine rings is 1. The molecule has 108 valence electrons. The summed E-state index contributed by atoms with van der Waals surface area (Å²) >= 11 is 0. The highest BCUT2D eigenvalue weighted by molar-refractivity contribution is 4.88. The number of rotatable bonds is 7. The number of nitrogens with zero attached hydrogens (tertiary/aromatic N) is 1. The van der Waals surface area contributed by atoms with Crippen molar-refractivity contribution in [3.63, 3.8) is 0 Å². The Labute approximate surface area is 113 Å². The first-order valence-corrected chi connectivity index (χ1v) is 7.77. The second-order valence-corrected chi connectivity index (χ2v) is 5.83. The van der Waals surface area contributed by atoms with Gasteiger partial charge in [0.2, 0.25) is 0 Å². The summed E-state index contributed by atoms with van der Waals surface area (Å²) in [5.74, 6) is 0.437. The van der Waals surface area contributed by atoms with Crippen molar-refractivity contribution in [2.45, 2.75) is 71.6 Å². The third-order valence-electron chi connectivity index (χ3n) is 4.37. The van der Waals surface area contributed by atoms with E-state index in [4.69, 9.17) is 0 Å². The molecule has 1 fully saturated rings. The second-order valence-electron chi connectivity index (χ2n) is 5.83. The number of aliphatic hydroxyl groups excluding tert-OH is 1. The van der Waals surface area contributed by atoms with E-state index in [-0.39, 0.29) is 6.10 Å². The van der Waals surface area contributed by atoms with Crippen LogP contribution in [0.4, 0.5) is 0 Å². The summed E-state index contributed by atoms with van der Waals surface area (Å²) in [6.07, 6.45) is 4.24. The van der Waals surface area contributed by atoms with Crippen molar-refractivity contribution in [3.05, 3.63) is 0 Å². The third-order valence-corrected chi connectivity index (χ3v) is 4.37. The van der Waals surface area contributed by atoms with E-state index >= 15 is 0 Å². The van der Waals surface area contributed by atoms with Crippen molar-refractivity contribution in [1.82, 2.24) is 10.2 Å². The lowest BCUT2D eigenvalue weighted by Crippen LogP contribution is -2.54. The summed E-state index contributed by atoms with van der Waals surface area (Å²) in [6, 6.07) is 1.18. The van der Waals surface area contributed by atoms with Gasteiger partial charge in [0.1, 0.15) is 0 Å². The lowest BCUT2D eigenvalue weighted by Gasteiger charge is -2.42. The minimum Gasteiger partial charge on any atom is -0.393 e. The van der Waals surface area contributed by atoms with Gasteiger partial charge >= 0.3 is 0 Å². The Hall–Kier alpha value is -0.120. The molecule has 0 aromatic heterocycles. The molecule has 1 aliphatic heterocycles. The van der Waals surface area contributed by atoms with Crippen LogP contribution in [0.5, 0.6) is 0 Å². The van der Waals surface area contributed by atoms with E-state index in [0.29, 0.717) is 18.0 Å². The van der Waals surface area contributed by atoms with Gasteiger partial charge in [0.25, 0.3) is 0 Å². The van der Waals surface area contributed by atoms with Gasteiger partial charge in [-0.1, -0.05) is 20.8 Å². The van der Waals surface area contributed by atoms with Crippen LogP contribution in [0.3, 0.4) is 0 Å². The number of hydrogen-bond donors (Lipinski definition) is 2. The van der Waals surface area contributed by atoms with Gasteiger partial charge in [0.15, 0.2) is 0 Å². The summed E-state index contributed by atoms with van der Waals surface area (Å²) < 4.78 is 0. The van der Waals surface area contributed by atoms with E-state index in [2.05, 4.69) is 37.9 Å². The molecule has 0 aromatic rings. The molecule has 3 heteroatoms. The zero-order chi connectivity index (χ0) is 13.5. The molecule has 1 aliphatic rings. The van der Waals surface area contributed by atoms with Gasteiger partial charge in [0, 0.05) is 25.2 Å². The fraction of sp³-hybridized carbons (Fsp3) is 1.00. The van der Waals surface area contributed by atoms with E-state index in [0.717, 1.165) is 32.5 Å². The molecule has 1 rings (SSSR count). The lowest BCUT2D eigenvalue weighted by atomic mass is 9.87. The van der Waals surface area contributed by atoms with Crippen LogP contribution >= 0.6 is 0 Å². The largest absolute Gasteiger partial charge is 0.393 e. The summed E-state index contributed by atoms with van der Waals surface area (Å²) in [5, 5.41) is 13.8. The quantitative estimate of drug-likeness (QED) is 0.733. The average molecular weight is 256 g/mol. The standard InChI is InChI=1S/C15H32N2O/c1-5-8-16-14-9-13(15(18)7-3)10-17(11-14)12(4)6-2/h12-16,18H,5-11H2,1-4H3. The number of nitrogens with one attached hydrogen (secondary N) is 1. The Kier molecular flexibility index (Phi) is 7.20. The van der Waals surface area contributed by atoms with Gasteiger partial charge in [-0.25, -0.2) is 0 Å². The van der Waals surface area contributed by atoms with Crippen LogP contribution in [0.15, 0.2) is 0 Å². The normalized spacial score (nSPS) is 29.2. The van der Waals surface area contributed by atoms with Gasteiger partial charge in [-0.2, -0.15) is 0 Å². The van der Waals surface area contributed by atoms with Crippen LogP contribution in [-0.4, -0.2) is 47.8 Å². The van der Waals surface area contributed by atoms with Gasteiger partial charge in [0.05, 0.1) is 6.10 Å². The van der Waals surface area contributed by atoms with Crippen molar-refractivity contribution in [2.75, 3.05) is 19.6 Å². The summed E-state index contributed by atoms with van der Waals surface area (Å²) in [6.45, 7) is 12.1. The SMILES string of the molecule is CCCNC1CC(C(O)CC)CN(C(C)CC)C1. The maximum Gasteiger partial charge on any atom is 0.0578 e. The van der Waals surface area contributed by atoms with Gasteiger partial charge in [-0.15, -0.1) is 0 Å². The zero-order valence-electron chi connectivity index (χ0n) is 12.7. The van der Waals surface area contributed by atoms with E-state index < -0.39 is 0 Å². The monoisotopic (exact) mass is 256 g/mol. The first-order chi connectivity index (χ1) is 8.62. The molecule has 0 bridgehead atoms. The minimum absolute atomic E-state index is 0.136. The van der Waals surface area contributed by atoms with E-state index in [1.165, 1.54) is 12.8 Å². The molecular formula is C15H32N2O. The zero-order valence-corrected chi connectivity index (χ0v) is 12.7. The van der Waals surface area contributed by atoms with Crippen molar-refractivity contribution in [1.29, 1.82) is 0 Å². The minimum atomic E-state index is -0.136. The second kappa shape index (κ2) is 8.13. The van der Waals surface area contributed by atoms with Crippen LogP contribution in [0.25, 0.3) is 0 Å². The molecule has 4 unspecified atom stereocenters. The van der Waals surface area contributed by atoms with E-state index in [1.54, 1.807) is 0 Å². The fourth-order valence-electron chi connectivity index (χ4n) is 2.90. The topological polar surface area (TPSA) is 35.5 Å². The first-order valence-electron chi connectivity index (χ1n) is 7.77. The molecule has 0 radical (unpaired) electrons. The molecule has 4 atom stereocenters. The molecule has 1 saturated heterocycles. The Morgan fingerprint density at radius 1 is 1.22 bits per heavy atom. The Bertz CT molecular complexity index is 205. The van der Waals surface area contributed by atoms with Crippen LogP contribution < -0.4 is 5.32 Å². The highest BCUT2D eigenvalue weighted by Gasteiger charge is 2.31. The van der Waals surface area contributed by atoms with Crippen LogP contribution in [0.2, 0.25) is 0 Å². The predicted octanol–water partition coefficient (Wildman–Crippen LogP) is 2.25. The molecule has 3 nitrogen and oxygen atoms in total. The Balaban J connectivity index is 2.59. The first kappa shape index (κ1) is 15.9. The Morgan fingerprint density at radius 2 is 1.94 bits per heavy atom. The van der Waals surface area contributed by atoms with Crippen molar-refractivity contribution < 1.29 is 5.11 Å². The molecule has 1 heterocycles. The molecule has 2 N–H and O–H groups in total. The van der Waals surface area contributed by atoms with Gasteiger partial charge < -0.3 is 10.4 Å².